The first-order valence-corrected chi connectivity index (χ1v) is 9.13. The van der Waals surface area contributed by atoms with Crippen molar-refractivity contribution in [2.45, 2.75) is 39.2 Å². The predicted molar refractivity (Wildman–Crippen MR) is 103 cm³/mol. The van der Waals surface area contributed by atoms with Gasteiger partial charge in [-0.2, -0.15) is 5.10 Å². The van der Waals surface area contributed by atoms with Crippen molar-refractivity contribution in [1.29, 1.82) is 0 Å². The molecule has 4 heteroatoms. The number of aryl methyl sites for hydroxylation is 3. The number of H-pyrrole nitrogens is 1. The zero-order valence-corrected chi connectivity index (χ0v) is 15.2. The molecule has 1 aliphatic carbocycles. The molecule has 0 spiro atoms. The largest absolute Gasteiger partial charge is 0.344 e. The molecule has 2 aromatic carbocycles. The third-order valence-corrected chi connectivity index (χ3v) is 5.30. The topological polar surface area (TPSA) is 57.8 Å². The molecule has 3 aromatic rings. The number of amides is 1. The van der Waals surface area contributed by atoms with Gasteiger partial charge in [-0.25, -0.2) is 0 Å². The van der Waals surface area contributed by atoms with Crippen molar-refractivity contribution in [3.05, 3.63) is 76.5 Å². The minimum atomic E-state index is -0.103. The highest BCUT2D eigenvalue weighted by Gasteiger charge is 2.22. The Morgan fingerprint density at radius 3 is 2.81 bits per heavy atom. The predicted octanol–water partition coefficient (Wildman–Crippen LogP) is 4.50. The SMILES string of the molecule is Cc1ccc(-c2cc(C(=O)N[C@@H]3CCCc4ccccc43)[nH]n2)cc1C. The molecule has 26 heavy (non-hydrogen) atoms. The minimum absolute atomic E-state index is 0.0702. The third-order valence-electron chi connectivity index (χ3n) is 5.30. The minimum Gasteiger partial charge on any atom is -0.344 e. The van der Waals surface area contributed by atoms with Crippen LogP contribution in [0.5, 0.6) is 0 Å². The first-order valence-electron chi connectivity index (χ1n) is 9.13. The van der Waals surface area contributed by atoms with Gasteiger partial charge in [0.2, 0.25) is 0 Å². The Morgan fingerprint density at radius 1 is 1.12 bits per heavy atom. The van der Waals surface area contributed by atoms with E-state index in [1.807, 2.05) is 18.2 Å². The van der Waals surface area contributed by atoms with Gasteiger partial charge in [0.05, 0.1) is 11.7 Å². The number of benzene rings is 2. The molecule has 1 aromatic heterocycles. The zero-order chi connectivity index (χ0) is 18.1. The molecule has 1 atom stereocenters. The van der Waals surface area contributed by atoms with Gasteiger partial charge in [-0.1, -0.05) is 36.4 Å². The highest BCUT2D eigenvalue weighted by molar-refractivity contribution is 5.93. The number of aromatic amines is 1. The Balaban J connectivity index is 1.53. The monoisotopic (exact) mass is 345 g/mol. The van der Waals surface area contributed by atoms with E-state index in [-0.39, 0.29) is 11.9 Å². The molecule has 4 rings (SSSR count). The number of carbonyl (C=O) groups is 1. The zero-order valence-electron chi connectivity index (χ0n) is 15.2. The van der Waals surface area contributed by atoms with Gasteiger partial charge in [0, 0.05) is 5.56 Å². The van der Waals surface area contributed by atoms with Gasteiger partial charge in [-0.3, -0.25) is 9.89 Å². The summed E-state index contributed by atoms with van der Waals surface area (Å²) in [5.74, 6) is -0.103. The Labute approximate surface area is 153 Å². The van der Waals surface area contributed by atoms with E-state index < -0.39 is 0 Å². The van der Waals surface area contributed by atoms with E-state index in [1.165, 1.54) is 22.3 Å². The number of fused-ring (bicyclic) bond motifs is 1. The molecule has 1 aliphatic rings. The van der Waals surface area contributed by atoms with E-state index in [0.29, 0.717) is 5.69 Å². The van der Waals surface area contributed by atoms with Crippen LogP contribution in [0, 0.1) is 13.8 Å². The maximum absolute atomic E-state index is 12.7. The van der Waals surface area contributed by atoms with E-state index in [2.05, 4.69) is 59.7 Å². The number of rotatable bonds is 3. The van der Waals surface area contributed by atoms with Crippen LogP contribution in [0.25, 0.3) is 11.3 Å². The summed E-state index contributed by atoms with van der Waals surface area (Å²) in [6.07, 6.45) is 3.16. The molecule has 0 bridgehead atoms. The van der Waals surface area contributed by atoms with E-state index in [4.69, 9.17) is 0 Å². The quantitative estimate of drug-likeness (QED) is 0.734. The molecule has 0 saturated carbocycles. The fourth-order valence-corrected chi connectivity index (χ4v) is 3.63. The second-order valence-electron chi connectivity index (χ2n) is 7.08. The first kappa shape index (κ1) is 16.6. The molecule has 0 fully saturated rings. The van der Waals surface area contributed by atoms with Crippen LogP contribution in [0.3, 0.4) is 0 Å². The van der Waals surface area contributed by atoms with E-state index in [1.54, 1.807) is 0 Å². The maximum Gasteiger partial charge on any atom is 0.269 e. The molecule has 4 nitrogen and oxygen atoms in total. The third kappa shape index (κ3) is 3.15. The van der Waals surface area contributed by atoms with Crippen molar-refractivity contribution in [3.8, 4) is 11.3 Å². The smallest absolute Gasteiger partial charge is 0.269 e. The van der Waals surface area contributed by atoms with Crippen molar-refractivity contribution < 1.29 is 4.79 Å². The molecule has 0 saturated heterocycles. The molecule has 0 unspecified atom stereocenters. The van der Waals surface area contributed by atoms with Crippen LogP contribution in [0.1, 0.15) is 51.6 Å². The summed E-state index contributed by atoms with van der Waals surface area (Å²) in [5.41, 5.74) is 7.36. The Kier molecular flexibility index (Phi) is 4.33. The van der Waals surface area contributed by atoms with E-state index >= 15 is 0 Å². The average Bonchev–Trinajstić information content (AvgIpc) is 3.15. The molecule has 0 aliphatic heterocycles. The molecule has 132 valence electrons. The number of nitrogens with one attached hydrogen (secondary N) is 2. The lowest BCUT2D eigenvalue weighted by Crippen LogP contribution is -2.31. The second kappa shape index (κ2) is 6.79. The number of nitrogens with zero attached hydrogens (tertiary/aromatic N) is 1. The lowest BCUT2D eigenvalue weighted by Gasteiger charge is -2.26. The molecule has 0 radical (unpaired) electrons. The van der Waals surface area contributed by atoms with Crippen LogP contribution in [-0.4, -0.2) is 16.1 Å². The molecule has 1 heterocycles. The number of aromatic nitrogens is 2. The van der Waals surface area contributed by atoms with Crippen molar-refractivity contribution >= 4 is 5.91 Å². The van der Waals surface area contributed by atoms with Gasteiger partial charge < -0.3 is 5.32 Å². The van der Waals surface area contributed by atoms with Crippen LogP contribution in [0.4, 0.5) is 0 Å². The molecular weight excluding hydrogens is 322 g/mol. The van der Waals surface area contributed by atoms with Gasteiger partial charge >= 0.3 is 0 Å². The van der Waals surface area contributed by atoms with Crippen LogP contribution in [-0.2, 0) is 6.42 Å². The fourth-order valence-electron chi connectivity index (χ4n) is 3.63. The summed E-state index contributed by atoms with van der Waals surface area (Å²) in [5, 5.41) is 10.4. The van der Waals surface area contributed by atoms with Crippen molar-refractivity contribution in [1.82, 2.24) is 15.5 Å². The van der Waals surface area contributed by atoms with Gasteiger partial charge in [-0.05, 0) is 67.5 Å². The maximum atomic E-state index is 12.7. The summed E-state index contributed by atoms with van der Waals surface area (Å²) in [7, 11) is 0. The normalized spacial score (nSPS) is 16.2. The number of carbonyl (C=O) groups excluding carboxylic acids is 1. The summed E-state index contributed by atoms with van der Waals surface area (Å²) in [4.78, 5) is 12.7. The summed E-state index contributed by atoms with van der Waals surface area (Å²) in [6.45, 7) is 4.17. The van der Waals surface area contributed by atoms with Crippen LogP contribution in [0.15, 0.2) is 48.5 Å². The highest BCUT2D eigenvalue weighted by Crippen LogP contribution is 2.29. The summed E-state index contributed by atoms with van der Waals surface area (Å²) in [6, 6.07) is 16.5. The van der Waals surface area contributed by atoms with Crippen molar-refractivity contribution in [2.24, 2.45) is 0 Å². The van der Waals surface area contributed by atoms with E-state index in [0.717, 1.165) is 30.5 Å². The fraction of sp³-hybridized carbons (Fsp3) is 0.273. The Morgan fingerprint density at radius 2 is 1.96 bits per heavy atom. The standard InChI is InChI=1S/C22H23N3O/c1-14-10-11-17(12-15(14)2)20-13-21(25-24-20)22(26)23-19-9-5-7-16-6-3-4-8-18(16)19/h3-4,6,8,10-13,19H,5,7,9H2,1-2H3,(H,23,26)(H,24,25)/t19-/m1/s1. The van der Waals surface area contributed by atoms with Crippen LogP contribution < -0.4 is 5.32 Å². The Bertz CT molecular complexity index is 958. The Hall–Kier alpha value is -2.88. The van der Waals surface area contributed by atoms with Gasteiger partial charge in [0.1, 0.15) is 5.69 Å². The summed E-state index contributed by atoms with van der Waals surface area (Å²) >= 11 is 0. The molecule has 2 N–H and O–H groups in total. The number of hydrogen-bond acceptors (Lipinski definition) is 2. The van der Waals surface area contributed by atoms with Gasteiger partial charge in [-0.15, -0.1) is 0 Å². The molecular formula is C22H23N3O. The number of hydrogen-bond donors (Lipinski definition) is 2. The van der Waals surface area contributed by atoms with Crippen molar-refractivity contribution in [2.75, 3.05) is 0 Å². The van der Waals surface area contributed by atoms with Gasteiger partial charge in [0.15, 0.2) is 0 Å². The second-order valence-corrected chi connectivity index (χ2v) is 7.08. The van der Waals surface area contributed by atoms with Crippen LogP contribution >= 0.6 is 0 Å². The lowest BCUT2D eigenvalue weighted by atomic mass is 9.87. The highest BCUT2D eigenvalue weighted by atomic mass is 16.2. The lowest BCUT2D eigenvalue weighted by molar-refractivity contribution is 0.0927. The van der Waals surface area contributed by atoms with Crippen molar-refractivity contribution in [3.63, 3.8) is 0 Å². The summed E-state index contributed by atoms with van der Waals surface area (Å²) < 4.78 is 0. The van der Waals surface area contributed by atoms with E-state index in [9.17, 15) is 4.79 Å². The van der Waals surface area contributed by atoms with Gasteiger partial charge in [0.25, 0.3) is 5.91 Å². The first-order chi connectivity index (χ1) is 12.6. The van der Waals surface area contributed by atoms with Crippen LogP contribution in [0.2, 0.25) is 0 Å². The average molecular weight is 345 g/mol. The molecule has 1 amide bonds.